The standard InChI is InChI=1S/C41H63NO11/c1-20-13-27(46-23(4)22(20)3)7-9-31-21(2)14-29(48-31)11-12-41-18-34-37(52-41)38-39(51-34)40(53-41)36-32(50-38)10-8-28(49-36)15-25(43)16-30-24(5)47-33(35(30)45-6)17-26(44)19-42/h20,23-24,26-40,44H,2-3,7-19,42H2,1,4-6H3/t20-,23-,24+,26+,27+,28-,29+,30+,31?,32+,33-,34-,35-,36+,37+,38+,39?,40+,41+/m1/s1. The van der Waals surface area contributed by atoms with Crippen LogP contribution in [0.15, 0.2) is 24.3 Å². The third kappa shape index (κ3) is 7.61. The van der Waals surface area contributed by atoms with E-state index in [0.717, 1.165) is 50.5 Å². The zero-order valence-electron chi connectivity index (χ0n) is 32.1. The number of carbonyl (C=O) groups is 1. The van der Waals surface area contributed by atoms with Gasteiger partial charge in [-0.25, -0.2) is 0 Å². The van der Waals surface area contributed by atoms with Crippen molar-refractivity contribution in [2.45, 2.75) is 201 Å². The number of ketones is 1. The summed E-state index contributed by atoms with van der Waals surface area (Å²) in [5.41, 5.74) is 7.99. The van der Waals surface area contributed by atoms with Crippen LogP contribution in [0.5, 0.6) is 0 Å². The van der Waals surface area contributed by atoms with Crippen molar-refractivity contribution < 1.29 is 52.5 Å². The summed E-state index contributed by atoms with van der Waals surface area (Å²) >= 11 is 0. The number of rotatable bonds is 14. The van der Waals surface area contributed by atoms with Gasteiger partial charge in [-0.05, 0) is 75.9 Å². The highest BCUT2D eigenvalue weighted by molar-refractivity contribution is 5.79. The SMILES string of the molecule is C=C1C[C@H](CC[C@@]23C[C@H]4OC5[C@@H](O[C@H]6CC[C@H](CC(=O)C[C@@H]7[C@@H](OC)[C@@H](C[C@H](O)CN)O[C@H]7C)O[C@@H]6[C@@H]5O2)[C@H]4O3)OC1CC[C@H]1C[C@@H](C)C(=C)[C@@H](C)O1. The molecule has 0 aromatic heterocycles. The molecular formula is C41H63NO11. The van der Waals surface area contributed by atoms with Crippen molar-refractivity contribution in [2.24, 2.45) is 17.6 Å². The summed E-state index contributed by atoms with van der Waals surface area (Å²) < 4.78 is 58.5. The van der Waals surface area contributed by atoms with Crippen LogP contribution in [0.4, 0.5) is 0 Å². The van der Waals surface area contributed by atoms with Crippen LogP contribution in [0.2, 0.25) is 0 Å². The molecule has 6 bridgehead atoms. The van der Waals surface area contributed by atoms with Gasteiger partial charge in [0.2, 0.25) is 0 Å². The molecule has 0 spiro atoms. The molecule has 2 unspecified atom stereocenters. The Balaban J connectivity index is 0.857. The van der Waals surface area contributed by atoms with Crippen molar-refractivity contribution in [1.29, 1.82) is 0 Å². The van der Waals surface area contributed by atoms with E-state index in [9.17, 15) is 9.90 Å². The molecule has 9 fully saturated rings. The third-order valence-corrected chi connectivity index (χ3v) is 13.8. The second-order valence-corrected chi connectivity index (χ2v) is 17.5. The van der Waals surface area contributed by atoms with Gasteiger partial charge in [-0.2, -0.15) is 0 Å². The fourth-order valence-corrected chi connectivity index (χ4v) is 10.9. The molecule has 0 amide bonds. The van der Waals surface area contributed by atoms with Gasteiger partial charge in [0.25, 0.3) is 0 Å². The van der Waals surface area contributed by atoms with Crippen molar-refractivity contribution in [1.82, 2.24) is 0 Å². The van der Waals surface area contributed by atoms with E-state index in [4.69, 9.17) is 48.4 Å². The topological polar surface area (TPSA) is 146 Å². The van der Waals surface area contributed by atoms with Crippen LogP contribution < -0.4 is 5.73 Å². The zero-order chi connectivity index (χ0) is 37.2. The second-order valence-electron chi connectivity index (χ2n) is 17.5. The van der Waals surface area contributed by atoms with E-state index in [-0.39, 0.29) is 110 Å². The highest BCUT2D eigenvalue weighted by Crippen LogP contribution is 2.54. The molecule has 53 heavy (non-hydrogen) atoms. The molecule has 12 nitrogen and oxygen atoms in total. The van der Waals surface area contributed by atoms with Crippen molar-refractivity contribution in [2.75, 3.05) is 13.7 Å². The Morgan fingerprint density at radius 2 is 1.66 bits per heavy atom. The normalized spacial score (nSPS) is 49.4. The van der Waals surface area contributed by atoms with Gasteiger partial charge in [-0.3, -0.25) is 4.79 Å². The first-order valence-corrected chi connectivity index (χ1v) is 20.5. The third-order valence-electron chi connectivity index (χ3n) is 13.8. The smallest absolute Gasteiger partial charge is 0.172 e. The molecule has 0 aromatic rings. The van der Waals surface area contributed by atoms with Crippen molar-refractivity contribution in [3.63, 3.8) is 0 Å². The lowest BCUT2D eigenvalue weighted by atomic mass is 9.85. The number of hydrogen-bond donors (Lipinski definition) is 2. The summed E-state index contributed by atoms with van der Waals surface area (Å²) in [5.74, 6) is -0.303. The molecule has 19 atom stereocenters. The van der Waals surface area contributed by atoms with Crippen LogP contribution in [0.25, 0.3) is 0 Å². The number of ether oxygens (including phenoxy) is 9. The predicted molar refractivity (Wildman–Crippen MR) is 193 cm³/mol. The molecule has 9 heterocycles. The molecule has 9 rings (SSSR count). The van der Waals surface area contributed by atoms with E-state index >= 15 is 0 Å². The minimum Gasteiger partial charge on any atom is -0.392 e. The Morgan fingerprint density at radius 1 is 0.887 bits per heavy atom. The van der Waals surface area contributed by atoms with E-state index in [1.807, 2.05) is 6.92 Å². The first kappa shape index (κ1) is 38.6. The van der Waals surface area contributed by atoms with Crippen LogP contribution in [-0.2, 0) is 47.4 Å². The van der Waals surface area contributed by atoms with E-state index in [0.29, 0.717) is 38.0 Å². The van der Waals surface area contributed by atoms with Crippen molar-refractivity contribution in [3.8, 4) is 0 Å². The lowest BCUT2D eigenvalue weighted by Gasteiger charge is -2.47. The fourth-order valence-electron chi connectivity index (χ4n) is 10.9. The number of carbonyl (C=O) groups excluding carboxylic acids is 1. The molecule has 9 saturated heterocycles. The summed E-state index contributed by atoms with van der Waals surface area (Å²) in [4.78, 5) is 13.5. The Labute approximate surface area is 314 Å². The zero-order valence-corrected chi connectivity index (χ0v) is 32.1. The number of Topliss-reactive ketones (excluding diaryl/α,β-unsaturated/α-hetero) is 1. The maximum absolute atomic E-state index is 13.5. The average molecular weight is 746 g/mol. The molecule has 0 saturated carbocycles. The monoisotopic (exact) mass is 745 g/mol. The molecule has 298 valence electrons. The van der Waals surface area contributed by atoms with E-state index in [1.165, 1.54) is 5.57 Å². The number of fused-ring (bicyclic) bond motifs is 1. The lowest BCUT2D eigenvalue weighted by molar-refractivity contribution is -0.292. The number of methoxy groups -OCH3 is 1. The number of nitrogens with two attached hydrogens (primary N) is 1. The molecule has 9 aliphatic rings. The van der Waals surface area contributed by atoms with Gasteiger partial charge in [-0.15, -0.1) is 0 Å². The molecule has 0 aromatic carbocycles. The van der Waals surface area contributed by atoms with Gasteiger partial charge in [0.1, 0.15) is 36.3 Å². The molecule has 3 N–H and O–H groups in total. The van der Waals surface area contributed by atoms with Crippen molar-refractivity contribution in [3.05, 3.63) is 24.3 Å². The van der Waals surface area contributed by atoms with E-state index in [1.54, 1.807) is 7.11 Å². The van der Waals surface area contributed by atoms with Crippen LogP contribution >= 0.6 is 0 Å². The predicted octanol–water partition coefficient (Wildman–Crippen LogP) is 4.07. The maximum Gasteiger partial charge on any atom is 0.172 e. The van der Waals surface area contributed by atoms with Crippen molar-refractivity contribution >= 4 is 5.78 Å². The van der Waals surface area contributed by atoms with Gasteiger partial charge in [0.15, 0.2) is 5.79 Å². The van der Waals surface area contributed by atoms with Crippen LogP contribution in [0, 0.1) is 11.8 Å². The Hall–Kier alpha value is -1.29. The Morgan fingerprint density at radius 3 is 2.43 bits per heavy atom. The van der Waals surface area contributed by atoms with E-state index in [2.05, 4.69) is 27.0 Å². The molecular weight excluding hydrogens is 682 g/mol. The number of hydrogen-bond acceptors (Lipinski definition) is 12. The molecule has 12 heteroatoms. The van der Waals surface area contributed by atoms with Crippen LogP contribution in [0.3, 0.4) is 0 Å². The lowest BCUT2D eigenvalue weighted by Crippen LogP contribution is -2.61. The minimum absolute atomic E-state index is 0.0409. The second kappa shape index (κ2) is 15.6. The Kier molecular flexibility index (Phi) is 11.3. The largest absolute Gasteiger partial charge is 0.392 e. The van der Waals surface area contributed by atoms with Crippen LogP contribution in [0.1, 0.15) is 97.8 Å². The fraction of sp³-hybridized carbons (Fsp3) is 0.878. The summed E-state index contributed by atoms with van der Waals surface area (Å²) in [6.45, 7) is 15.1. The van der Waals surface area contributed by atoms with Gasteiger partial charge in [0, 0.05) is 51.7 Å². The summed E-state index contributed by atoms with van der Waals surface area (Å²) in [5, 5.41) is 10.1. The van der Waals surface area contributed by atoms with E-state index < -0.39 is 11.9 Å². The maximum atomic E-state index is 13.5. The molecule has 0 aliphatic carbocycles. The first-order valence-electron chi connectivity index (χ1n) is 20.5. The van der Waals surface area contributed by atoms with Gasteiger partial charge in [0.05, 0.1) is 67.1 Å². The quantitative estimate of drug-likeness (QED) is 0.247. The highest BCUT2D eigenvalue weighted by Gasteiger charge is 2.68. The number of aliphatic hydroxyl groups is 1. The Bertz CT molecular complexity index is 1350. The summed E-state index contributed by atoms with van der Waals surface area (Å²) in [6, 6.07) is 0. The van der Waals surface area contributed by atoms with Gasteiger partial charge in [-0.1, -0.05) is 20.1 Å². The van der Waals surface area contributed by atoms with Crippen LogP contribution in [-0.4, -0.2) is 128 Å². The van der Waals surface area contributed by atoms with Gasteiger partial charge < -0.3 is 53.5 Å². The van der Waals surface area contributed by atoms with Gasteiger partial charge >= 0.3 is 0 Å². The minimum atomic E-state index is -0.789. The number of aliphatic hydroxyl groups excluding tert-OH is 1. The first-order chi connectivity index (χ1) is 25.4. The average Bonchev–Trinajstić information content (AvgIpc) is 3.80. The summed E-state index contributed by atoms with van der Waals surface area (Å²) in [7, 11) is 1.64. The molecule has 0 radical (unpaired) electrons. The summed E-state index contributed by atoms with van der Waals surface area (Å²) in [6.07, 6.45) is 5.67. The highest BCUT2D eigenvalue weighted by atomic mass is 16.8. The molecule has 9 aliphatic heterocycles.